The number of hydrogen-bond acceptors (Lipinski definition) is 6. The van der Waals surface area contributed by atoms with Gasteiger partial charge in [-0.05, 0) is 67.4 Å². The van der Waals surface area contributed by atoms with Crippen molar-refractivity contribution in [2.24, 2.45) is 0 Å². The number of unbranched alkanes of at least 4 members (excludes halogenated alkanes) is 2. The van der Waals surface area contributed by atoms with Crippen LogP contribution in [0.2, 0.25) is 5.02 Å². The van der Waals surface area contributed by atoms with Gasteiger partial charge >= 0.3 is 0 Å². The smallest absolute Gasteiger partial charge is 0.260 e. The third-order valence-corrected chi connectivity index (χ3v) is 9.31. The van der Waals surface area contributed by atoms with Crippen molar-refractivity contribution in [1.29, 1.82) is 0 Å². The van der Waals surface area contributed by atoms with E-state index in [0.29, 0.717) is 34.5 Å². The van der Waals surface area contributed by atoms with Gasteiger partial charge in [0.1, 0.15) is 0 Å². The van der Waals surface area contributed by atoms with Gasteiger partial charge in [0.05, 0.1) is 27.4 Å². The molecule has 2 heterocycles. The number of pyridine rings is 1. The molecule has 4 rings (SSSR count). The molecule has 7 nitrogen and oxygen atoms in total. The van der Waals surface area contributed by atoms with Gasteiger partial charge in [0, 0.05) is 29.9 Å². The first-order valence-electron chi connectivity index (χ1n) is 12.7. The zero-order chi connectivity index (χ0) is 27.1. The average molecular weight is 571 g/mol. The Hall–Kier alpha value is -2.85. The van der Waals surface area contributed by atoms with Crippen molar-refractivity contribution < 1.29 is 13.2 Å². The molecular weight excluding hydrogens is 540 g/mol. The van der Waals surface area contributed by atoms with Crippen LogP contribution >= 0.6 is 22.9 Å². The van der Waals surface area contributed by atoms with Crippen LogP contribution in [0.5, 0.6) is 0 Å². The van der Waals surface area contributed by atoms with Crippen molar-refractivity contribution >= 4 is 54.2 Å². The lowest BCUT2D eigenvalue weighted by molar-refractivity contribution is 0.0984. The summed E-state index contributed by atoms with van der Waals surface area (Å²) in [5, 5.41) is 1.11. The van der Waals surface area contributed by atoms with Gasteiger partial charge in [-0.2, -0.15) is 4.31 Å². The van der Waals surface area contributed by atoms with Crippen molar-refractivity contribution in [2.45, 2.75) is 51.0 Å². The number of rotatable bonds is 12. The maximum Gasteiger partial charge on any atom is 0.260 e. The second kappa shape index (κ2) is 12.8. The molecule has 0 radical (unpaired) electrons. The third-order valence-electron chi connectivity index (χ3n) is 6.12. The predicted molar refractivity (Wildman–Crippen MR) is 154 cm³/mol. The summed E-state index contributed by atoms with van der Waals surface area (Å²) in [6.07, 6.45) is 5.11. The molecule has 0 fully saturated rings. The zero-order valence-electron chi connectivity index (χ0n) is 21.5. The first kappa shape index (κ1) is 28.2. The maximum absolute atomic E-state index is 13.7. The van der Waals surface area contributed by atoms with Gasteiger partial charge < -0.3 is 0 Å². The Morgan fingerprint density at radius 2 is 1.68 bits per heavy atom. The highest BCUT2D eigenvalue weighted by Crippen LogP contribution is 2.32. The highest BCUT2D eigenvalue weighted by molar-refractivity contribution is 7.89. The molecule has 0 saturated heterocycles. The molecule has 0 aliphatic heterocycles. The molecule has 10 heteroatoms. The van der Waals surface area contributed by atoms with Crippen molar-refractivity contribution in [1.82, 2.24) is 14.3 Å². The van der Waals surface area contributed by atoms with Gasteiger partial charge in [0.15, 0.2) is 5.13 Å². The van der Waals surface area contributed by atoms with E-state index in [-0.39, 0.29) is 17.3 Å². The lowest BCUT2D eigenvalue weighted by Crippen LogP contribution is -2.33. The van der Waals surface area contributed by atoms with Crippen molar-refractivity contribution in [3.05, 3.63) is 83.1 Å². The second-order valence-electron chi connectivity index (χ2n) is 8.96. The first-order valence-corrected chi connectivity index (χ1v) is 15.3. The SMILES string of the molecule is CCCCN(CCCC)S(=O)(=O)c1ccc(C(=O)N(Cc2ccccn2)c2nc3ccc(Cl)cc3s2)cc1. The number of carbonyl (C=O) groups is 1. The summed E-state index contributed by atoms with van der Waals surface area (Å²) >= 11 is 7.53. The number of anilines is 1. The Morgan fingerprint density at radius 3 is 2.32 bits per heavy atom. The number of nitrogens with zero attached hydrogens (tertiary/aromatic N) is 4. The van der Waals surface area contributed by atoms with Gasteiger partial charge in [-0.15, -0.1) is 0 Å². The van der Waals surface area contributed by atoms with Crippen molar-refractivity contribution in [3.63, 3.8) is 0 Å². The highest BCUT2D eigenvalue weighted by atomic mass is 35.5. The van der Waals surface area contributed by atoms with Gasteiger partial charge in [-0.1, -0.05) is 55.7 Å². The highest BCUT2D eigenvalue weighted by Gasteiger charge is 2.26. The molecule has 4 aromatic rings. The van der Waals surface area contributed by atoms with E-state index in [1.165, 1.54) is 23.5 Å². The quantitative estimate of drug-likeness (QED) is 0.187. The molecule has 0 aliphatic carbocycles. The fourth-order valence-corrected chi connectivity index (χ4v) is 6.73. The lowest BCUT2D eigenvalue weighted by Gasteiger charge is -2.22. The number of halogens is 1. The van der Waals surface area contributed by atoms with Gasteiger partial charge in [0.2, 0.25) is 10.0 Å². The summed E-state index contributed by atoms with van der Waals surface area (Å²) in [6.45, 7) is 5.27. The van der Waals surface area contributed by atoms with Crippen LogP contribution in [0.4, 0.5) is 5.13 Å². The standard InChI is InChI=1S/C28H31ClN4O3S2/c1-3-5-17-32(18-6-4-2)38(35,36)24-13-10-21(11-14-24)27(34)33(20-23-9-7-8-16-30-23)28-31-25-15-12-22(29)19-26(25)37-28/h7-16,19H,3-6,17-18,20H2,1-2H3. The van der Waals surface area contributed by atoms with E-state index in [4.69, 9.17) is 11.6 Å². The van der Waals surface area contributed by atoms with Crippen LogP contribution < -0.4 is 4.90 Å². The van der Waals surface area contributed by atoms with Crippen molar-refractivity contribution in [3.8, 4) is 0 Å². The minimum absolute atomic E-state index is 0.187. The lowest BCUT2D eigenvalue weighted by atomic mass is 10.2. The number of benzene rings is 2. The summed E-state index contributed by atoms with van der Waals surface area (Å²) in [5.41, 5.74) is 1.82. The zero-order valence-corrected chi connectivity index (χ0v) is 23.9. The average Bonchev–Trinajstić information content (AvgIpc) is 3.35. The van der Waals surface area contributed by atoms with Crippen LogP contribution in [0.25, 0.3) is 10.2 Å². The van der Waals surface area contributed by atoms with Crippen molar-refractivity contribution in [2.75, 3.05) is 18.0 Å². The number of sulfonamides is 1. The fourth-order valence-electron chi connectivity index (χ4n) is 3.98. The van der Waals surface area contributed by atoms with E-state index >= 15 is 0 Å². The summed E-state index contributed by atoms with van der Waals surface area (Å²) in [4.78, 5) is 24.6. The Kier molecular flexibility index (Phi) is 9.49. The van der Waals surface area contributed by atoms with Gasteiger partial charge in [-0.25, -0.2) is 13.4 Å². The molecular formula is C28H31ClN4O3S2. The predicted octanol–water partition coefficient (Wildman–Crippen LogP) is 6.78. The van der Waals surface area contributed by atoms with E-state index < -0.39 is 10.0 Å². The van der Waals surface area contributed by atoms with Crippen LogP contribution in [0, 0.1) is 0 Å². The van der Waals surface area contributed by atoms with E-state index in [1.54, 1.807) is 33.6 Å². The summed E-state index contributed by atoms with van der Waals surface area (Å²) < 4.78 is 29.1. The van der Waals surface area contributed by atoms with E-state index in [0.717, 1.165) is 35.9 Å². The third kappa shape index (κ3) is 6.58. The molecule has 0 bridgehead atoms. The Bertz CT molecular complexity index is 1470. The monoisotopic (exact) mass is 570 g/mol. The second-order valence-corrected chi connectivity index (χ2v) is 12.3. The molecule has 0 unspecified atom stereocenters. The molecule has 0 atom stereocenters. The Morgan fingerprint density at radius 1 is 0.974 bits per heavy atom. The number of aromatic nitrogens is 2. The molecule has 1 amide bonds. The number of amides is 1. The molecule has 38 heavy (non-hydrogen) atoms. The van der Waals surface area contributed by atoms with Gasteiger partial charge in [-0.3, -0.25) is 14.7 Å². The number of thiazole rings is 1. The van der Waals surface area contributed by atoms with Gasteiger partial charge in [0.25, 0.3) is 5.91 Å². The van der Waals surface area contributed by atoms with E-state index in [1.807, 2.05) is 44.2 Å². The molecule has 0 N–H and O–H groups in total. The normalized spacial score (nSPS) is 11.8. The number of carbonyl (C=O) groups excluding carboxylic acids is 1. The number of fused-ring (bicyclic) bond motifs is 1. The minimum Gasteiger partial charge on any atom is -0.278 e. The largest absolute Gasteiger partial charge is 0.278 e. The topological polar surface area (TPSA) is 83.5 Å². The van der Waals surface area contributed by atoms with Crippen LogP contribution in [0.3, 0.4) is 0 Å². The summed E-state index contributed by atoms with van der Waals surface area (Å²) in [6, 6.07) is 17.1. The molecule has 0 aliphatic rings. The number of hydrogen-bond donors (Lipinski definition) is 0. The molecule has 0 saturated carbocycles. The summed E-state index contributed by atoms with van der Waals surface area (Å²) in [5.74, 6) is -0.293. The molecule has 2 aromatic carbocycles. The Labute approximate surface area is 233 Å². The van der Waals surface area contributed by atoms with E-state index in [2.05, 4.69) is 9.97 Å². The van der Waals surface area contributed by atoms with E-state index in [9.17, 15) is 13.2 Å². The van der Waals surface area contributed by atoms with Crippen LogP contribution in [-0.2, 0) is 16.6 Å². The summed E-state index contributed by atoms with van der Waals surface area (Å²) in [7, 11) is -3.65. The molecule has 2 aromatic heterocycles. The maximum atomic E-state index is 13.7. The Balaban J connectivity index is 1.64. The fraction of sp³-hybridized carbons (Fsp3) is 0.321. The first-order chi connectivity index (χ1) is 18.3. The van der Waals surface area contributed by atoms with Crippen LogP contribution in [0.1, 0.15) is 55.6 Å². The minimum atomic E-state index is -3.65. The van der Waals surface area contributed by atoms with Crippen LogP contribution in [-0.4, -0.2) is 41.7 Å². The van der Waals surface area contributed by atoms with Crippen LogP contribution in [0.15, 0.2) is 71.8 Å². The molecule has 0 spiro atoms. The molecule has 200 valence electrons.